The van der Waals surface area contributed by atoms with Gasteiger partial charge in [0.2, 0.25) is 0 Å². The Balaban J connectivity index is 3.30. The lowest BCUT2D eigenvalue weighted by molar-refractivity contribution is -0.116. The van der Waals surface area contributed by atoms with Gasteiger partial charge >= 0.3 is 5.97 Å². The van der Waals surface area contributed by atoms with E-state index in [0.717, 1.165) is 6.07 Å². The summed E-state index contributed by atoms with van der Waals surface area (Å²) in [6, 6.07) is 4.96. The van der Waals surface area contributed by atoms with Crippen molar-refractivity contribution in [1.29, 1.82) is 0 Å². The minimum absolute atomic E-state index is 0.123. The molecule has 1 aromatic rings. The Morgan fingerprint density at radius 2 is 1.88 bits per heavy atom. The van der Waals surface area contributed by atoms with Crippen LogP contribution in [0.1, 0.15) is 24.2 Å². The molecule has 0 bridgehead atoms. The number of carbonyl (C=O) groups excluding carboxylic acids is 1. The highest BCUT2D eigenvalue weighted by Gasteiger charge is 2.27. The van der Waals surface area contributed by atoms with E-state index in [4.69, 9.17) is 5.11 Å². The fourth-order valence-electron chi connectivity index (χ4n) is 1.23. The minimum atomic E-state index is -3.81. The number of carboxylic acids is 1. The van der Waals surface area contributed by atoms with E-state index < -0.39 is 26.8 Å². The first kappa shape index (κ1) is 13.4. The molecule has 1 aromatic carbocycles. The molecule has 17 heavy (non-hydrogen) atoms. The van der Waals surface area contributed by atoms with E-state index >= 15 is 0 Å². The van der Waals surface area contributed by atoms with E-state index in [2.05, 4.69) is 0 Å². The Morgan fingerprint density at radius 3 is 2.35 bits per heavy atom. The Hall–Kier alpha value is -1.69. The number of carboxylic acid groups (broad SMARTS) is 1. The molecule has 6 heteroatoms. The van der Waals surface area contributed by atoms with Gasteiger partial charge in [0.15, 0.2) is 9.84 Å². The molecule has 92 valence electrons. The number of sulfone groups is 1. The predicted octanol–water partition coefficient (Wildman–Crippen LogP) is 1.14. The minimum Gasteiger partial charge on any atom is -0.478 e. The van der Waals surface area contributed by atoms with Crippen LogP contribution in [0.3, 0.4) is 0 Å². The summed E-state index contributed by atoms with van der Waals surface area (Å²) in [7, 11) is -3.81. The van der Waals surface area contributed by atoms with Crippen molar-refractivity contribution in [2.24, 2.45) is 0 Å². The summed E-state index contributed by atoms with van der Waals surface area (Å²) in [6.45, 7) is 2.47. The van der Waals surface area contributed by atoms with Crippen LogP contribution in [0.4, 0.5) is 0 Å². The molecule has 0 saturated carbocycles. The van der Waals surface area contributed by atoms with Crippen LogP contribution in [0.2, 0.25) is 0 Å². The van der Waals surface area contributed by atoms with Crippen LogP contribution in [0.25, 0.3) is 0 Å². The number of hydrogen-bond donors (Lipinski definition) is 1. The van der Waals surface area contributed by atoms with E-state index in [9.17, 15) is 18.0 Å². The van der Waals surface area contributed by atoms with Crippen molar-refractivity contribution in [1.82, 2.24) is 0 Å². The number of aromatic carboxylic acids is 1. The van der Waals surface area contributed by atoms with Crippen molar-refractivity contribution in [3.63, 3.8) is 0 Å². The number of carbonyl (C=O) groups is 2. The van der Waals surface area contributed by atoms with Crippen LogP contribution >= 0.6 is 0 Å². The monoisotopic (exact) mass is 256 g/mol. The Labute approximate surface area is 99.0 Å². The summed E-state index contributed by atoms with van der Waals surface area (Å²) in [5.41, 5.74) is -0.123. The van der Waals surface area contributed by atoms with Gasteiger partial charge < -0.3 is 5.11 Å². The van der Waals surface area contributed by atoms with Crippen LogP contribution in [-0.4, -0.2) is 30.5 Å². The second kappa shape index (κ2) is 4.67. The van der Waals surface area contributed by atoms with Crippen molar-refractivity contribution >= 4 is 21.6 Å². The fraction of sp³-hybridized carbons (Fsp3) is 0.273. The first-order valence-electron chi connectivity index (χ1n) is 4.84. The fourth-order valence-corrected chi connectivity index (χ4v) is 2.63. The zero-order valence-electron chi connectivity index (χ0n) is 9.38. The first-order chi connectivity index (χ1) is 7.76. The number of Topliss-reactive ketones (excluding diaryl/α,β-unsaturated/α-hetero) is 1. The summed E-state index contributed by atoms with van der Waals surface area (Å²) in [4.78, 5) is 21.7. The van der Waals surface area contributed by atoms with Gasteiger partial charge in [-0.05, 0) is 32.0 Å². The molecule has 1 unspecified atom stereocenters. The lowest BCUT2D eigenvalue weighted by atomic mass is 10.2. The molecule has 1 rings (SSSR count). The number of benzene rings is 1. The molecule has 0 spiro atoms. The normalized spacial score (nSPS) is 13.1. The summed E-state index contributed by atoms with van der Waals surface area (Å²) < 4.78 is 23.9. The quantitative estimate of drug-likeness (QED) is 0.872. The molecular weight excluding hydrogens is 244 g/mol. The maximum Gasteiger partial charge on any atom is 0.335 e. The second-order valence-corrected chi connectivity index (χ2v) is 5.90. The van der Waals surface area contributed by atoms with Crippen LogP contribution in [0.15, 0.2) is 29.2 Å². The van der Waals surface area contributed by atoms with Crippen LogP contribution in [0, 0.1) is 0 Å². The van der Waals surface area contributed by atoms with Gasteiger partial charge in [-0.3, -0.25) is 4.79 Å². The van der Waals surface area contributed by atoms with Gasteiger partial charge in [0.1, 0.15) is 11.0 Å². The molecule has 0 aliphatic rings. The summed E-state index contributed by atoms with van der Waals surface area (Å²) >= 11 is 0. The highest BCUT2D eigenvalue weighted by molar-refractivity contribution is 7.92. The molecule has 0 amide bonds. The molecule has 0 aliphatic carbocycles. The topological polar surface area (TPSA) is 88.5 Å². The first-order valence-corrected chi connectivity index (χ1v) is 6.39. The molecule has 5 nitrogen and oxygen atoms in total. The Morgan fingerprint density at radius 1 is 1.29 bits per heavy atom. The Kier molecular flexibility index (Phi) is 3.67. The molecule has 0 radical (unpaired) electrons. The number of ketones is 1. The summed E-state index contributed by atoms with van der Waals surface area (Å²) in [5.74, 6) is -1.69. The van der Waals surface area contributed by atoms with Crippen molar-refractivity contribution < 1.29 is 23.1 Å². The van der Waals surface area contributed by atoms with Crippen LogP contribution in [-0.2, 0) is 14.6 Å². The van der Waals surface area contributed by atoms with E-state index in [-0.39, 0.29) is 10.5 Å². The van der Waals surface area contributed by atoms with E-state index in [1.165, 1.54) is 32.0 Å². The van der Waals surface area contributed by atoms with Gasteiger partial charge in [-0.25, -0.2) is 13.2 Å². The predicted molar refractivity (Wildman–Crippen MR) is 60.7 cm³/mol. The lowest BCUT2D eigenvalue weighted by Crippen LogP contribution is -2.25. The van der Waals surface area contributed by atoms with Crippen LogP contribution < -0.4 is 0 Å². The largest absolute Gasteiger partial charge is 0.478 e. The number of hydrogen-bond acceptors (Lipinski definition) is 4. The van der Waals surface area contributed by atoms with Crippen molar-refractivity contribution in [2.45, 2.75) is 24.0 Å². The van der Waals surface area contributed by atoms with Crippen molar-refractivity contribution in [3.8, 4) is 0 Å². The van der Waals surface area contributed by atoms with Gasteiger partial charge in [-0.2, -0.15) is 0 Å². The van der Waals surface area contributed by atoms with E-state index in [1.54, 1.807) is 0 Å². The molecule has 0 heterocycles. The molecule has 0 aromatic heterocycles. The average molecular weight is 256 g/mol. The summed E-state index contributed by atoms with van der Waals surface area (Å²) in [5, 5.41) is 7.59. The lowest BCUT2D eigenvalue weighted by Gasteiger charge is -2.10. The molecular formula is C11H12O5S. The second-order valence-electron chi connectivity index (χ2n) is 3.63. The third-order valence-corrected chi connectivity index (χ3v) is 4.62. The van der Waals surface area contributed by atoms with Gasteiger partial charge in [-0.1, -0.05) is 6.07 Å². The Bertz CT molecular complexity index is 559. The third kappa shape index (κ3) is 2.71. The maximum absolute atomic E-state index is 11.9. The van der Waals surface area contributed by atoms with Crippen LogP contribution in [0.5, 0.6) is 0 Å². The van der Waals surface area contributed by atoms with Crippen molar-refractivity contribution in [2.75, 3.05) is 0 Å². The summed E-state index contributed by atoms with van der Waals surface area (Å²) in [6.07, 6.45) is 0. The SMILES string of the molecule is CC(=O)C(C)S(=O)(=O)c1cccc(C(=O)O)c1. The molecule has 1 N–H and O–H groups in total. The van der Waals surface area contributed by atoms with E-state index in [0.29, 0.717) is 0 Å². The average Bonchev–Trinajstić information content (AvgIpc) is 2.28. The standard InChI is InChI=1S/C11H12O5S/c1-7(12)8(2)17(15,16)10-5-3-4-9(6-10)11(13)14/h3-6,8H,1-2H3,(H,13,14). The number of rotatable bonds is 4. The van der Waals surface area contributed by atoms with Gasteiger partial charge in [0.05, 0.1) is 10.5 Å². The van der Waals surface area contributed by atoms with Crippen molar-refractivity contribution in [3.05, 3.63) is 29.8 Å². The zero-order chi connectivity index (χ0) is 13.2. The molecule has 1 atom stereocenters. The smallest absolute Gasteiger partial charge is 0.335 e. The van der Waals surface area contributed by atoms with Gasteiger partial charge in [-0.15, -0.1) is 0 Å². The molecule has 0 saturated heterocycles. The third-order valence-electron chi connectivity index (χ3n) is 2.45. The maximum atomic E-state index is 11.9. The highest BCUT2D eigenvalue weighted by Crippen LogP contribution is 2.18. The molecule has 0 aliphatic heterocycles. The van der Waals surface area contributed by atoms with E-state index in [1.807, 2.05) is 0 Å². The highest BCUT2D eigenvalue weighted by atomic mass is 32.2. The van der Waals surface area contributed by atoms with Gasteiger partial charge in [0, 0.05) is 0 Å². The van der Waals surface area contributed by atoms with Gasteiger partial charge in [0.25, 0.3) is 0 Å². The zero-order valence-corrected chi connectivity index (χ0v) is 10.2. The molecule has 0 fully saturated rings.